The minimum absolute atomic E-state index is 0.242. The van der Waals surface area contributed by atoms with Gasteiger partial charge in [-0.25, -0.2) is 4.79 Å². The Bertz CT molecular complexity index is 923. The molecule has 0 radical (unpaired) electrons. The lowest BCUT2D eigenvalue weighted by Gasteiger charge is -2.22. The van der Waals surface area contributed by atoms with E-state index in [4.69, 9.17) is 9.47 Å². The number of carbonyl (C=O) groups excluding carboxylic acids is 3. The minimum Gasteiger partial charge on any atom is -0.463 e. The zero-order valence-corrected chi connectivity index (χ0v) is 40.3. The predicted octanol–water partition coefficient (Wildman–Crippen LogP) is 15.4. The van der Waals surface area contributed by atoms with Crippen molar-refractivity contribution in [2.45, 2.75) is 303 Å². The molecule has 0 bridgehead atoms. The van der Waals surface area contributed by atoms with Crippen LogP contribution in [0.25, 0.3) is 0 Å². The molecule has 0 amide bonds. The van der Waals surface area contributed by atoms with Gasteiger partial charge < -0.3 is 19.7 Å². The second-order valence-corrected chi connectivity index (χ2v) is 18.4. The van der Waals surface area contributed by atoms with Gasteiger partial charge in [-0.05, 0) is 25.7 Å². The lowest BCUT2D eigenvalue weighted by Crippen LogP contribution is -2.39. The predicted molar refractivity (Wildman–Crippen MR) is 253 cm³/mol. The Labute approximate surface area is 372 Å². The molecule has 0 aliphatic carbocycles. The summed E-state index contributed by atoms with van der Waals surface area (Å²) in [5, 5.41) is 19.8. The third-order valence-electron chi connectivity index (χ3n) is 12.6. The van der Waals surface area contributed by atoms with Crippen LogP contribution in [0.3, 0.4) is 0 Å². The lowest BCUT2D eigenvalue weighted by atomic mass is 9.93. The fraction of sp³-hybridized carbons (Fsp3) is 0.943. The molecule has 3 unspecified atom stereocenters. The van der Waals surface area contributed by atoms with Crippen molar-refractivity contribution in [2.75, 3.05) is 13.2 Å². The summed E-state index contributed by atoms with van der Waals surface area (Å²) in [5.74, 6) is -3.24. The molecule has 0 rings (SSSR count). The van der Waals surface area contributed by atoms with Gasteiger partial charge in [0.05, 0.1) is 13.2 Å². The van der Waals surface area contributed by atoms with Gasteiger partial charge in [0, 0.05) is 0 Å². The molecule has 7 nitrogen and oxygen atoms in total. The lowest BCUT2D eigenvalue weighted by molar-refractivity contribution is -0.173. The van der Waals surface area contributed by atoms with Gasteiger partial charge in [-0.15, -0.1) is 0 Å². The first-order valence-electron chi connectivity index (χ1n) is 26.6. The number of unbranched alkanes of at least 4 members (excludes halogenated alkanes) is 37. The standard InChI is InChI=1S/C53H102O7/c1-4-7-10-13-16-19-22-25-27-29-32-35-38-41-44-48(51(56)49(55)47-54)52(57)60-50(45-42-39-36-33-30-24-21-18-15-12-9-6-3)53(58)59-46-43-40-37-34-31-28-26-23-20-17-14-11-8-5-2/h48-50,54-55H,4-47H2,1-3H3. The van der Waals surface area contributed by atoms with Crippen molar-refractivity contribution in [3.05, 3.63) is 0 Å². The van der Waals surface area contributed by atoms with Gasteiger partial charge in [-0.2, -0.15) is 0 Å². The number of aliphatic hydroxyl groups is 2. The van der Waals surface area contributed by atoms with Crippen LogP contribution >= 0.6 is 0 Å². The highest BCUT2D eigenvalue weighted by Crippen LogP contribution is 2.21. The Kier molecular flexibility index (Phi) is 45.9. The maximum atomic E-state index is 13.6. The summed E-state index contributed by atoms with van der Waals surface area (Å²) >= 11 is 0. The van der Waals surface area contributed by atoms with Crippen molar-refractivity contribution in [1.82, 2.24) is 0 Å². The van der Waals surface area contributed by atoms with E-state index in [1.54, 1.807) is 0 Å². The van der Waals surface area contributed by atoms with E-state index in [9.17, 15) is 24.6 Å². The van der Waals surface area contributed by atoms with Gasteiger partial charge in [0.1, 0.15) is 12.0 Å². The molecule has 0 fully saturated rings. The normalized spacial score (nSPS) is 13.0. The molecule has 7 heteroatoms. The molecule has 0 aromatic heterocycles. The summed E-state index contributed by atoms with van der Waals surface area (Å²) in [5.41, 5.74) is 0. The smallest absolute Gasteiger partial charge is 0.347 e. The summed E-state index contributed by atoms with van der Waals surface area (Å²) < 4.78 is 11.5. The van der Waals surface area contributed by atoms with Crippen LogP contribution in [0.15, 0.2) is 0 Å². The Balaban J connectivity index is 4.83. The first kappa shape index (κ1) is 58.5. The van der Waals surface area contributed by atoms with Gasteiger partial charge in [-0.1, -0.05) is 265 Å². The average Bonchev–Trinajstić information content (AvgIpc) is 3.25. The summed E-state index contributed by atoms with van der Waals surface area (Å²) in [6.07, 6.45) is 46.6. The van der Waals surface area contributed by atoms with Crippen LogP contribution in [-0.2, 0) is 23.9 Å². The Morgan fingerprint density at radius 2 is 0.667 bits per heavy atom. The Hall–Kier alpha value is -1.47. The van der Waals surface area contributed by atoms with Crippen LogP contribution in [0.2, 0.25) is 0 Å². The van der Waals surface area contributed by atoms with Crippen molar-refractivity contribution >= 4 is 17.7 Å². The van der Waals surface area contributed by atoms with Crippen LogP contribution in [0.4, 0.5) is 0 Å². The van der Waals surface area contributed by atoms with Gasteiger partial charge in [0.15, 0.2) is 11.9 Å². The SMILES string of the molecule is CCCCCCCCCCCCCCCCOC(=O)C(CCCCCCCCCCCCCC)OC(=O)C(CCCCCCCCCCCCCCCC)C(=O)C(O)CO. The van der Waals surface area contributed by atoms with Gasteiger partial charge in [0.25, 0.3) is 0 Å². The van der Waals surface area contributed by atoms with E-state index in [0.717, 1.165) is 64.2 Å². The third-order valence-corrected chi connectivity index (χ3v) is 12.6. The van der Waals surface area contributed by atoms with Gasteiger partial charge >= 0.3 is 11.9 Å². The number of ether oxygens (including phenoxy) is 2. The number of aliphatic hydroxyl groups excluding tert-OH is 2. The number of Topliss-reactive ketones (excluding diaryl/α,β-unsaturated/α-hetero) is 1. The van der Waals surface area contributed by atoms with Gasteiger partial charge in [-0.3, -0.25) is 9.59 Å². The molecule has 60 heavy (non-hydrogen) atoms. The van der Waals surface area contributed by atoms with Crippen LogP contribution < -0.4 is 0 Å². The van der Waals surface area contributed by atoms with E-state index in [1.807, 2.05) is 0 Å². The summed E-state index contributed by atoms with van der Waals surface area (Å²) in [6, 6.07) is 0. The second kappa shape index (κ2) is 47.0. The van der Waals surface area contributed by atoms with Crippen molar-refractivity contribution in [1.29, 1.82) is 0 Å². The first-order chi connectivity index (χ1) is 29.4. The molecular formula is C53H102O7. The molecular weight excluding hydrogens is 749 g/mol. The number of rotatable bonds is 49. The Morgan fingerprint density at radius 1 is 0.383 bits per heavy atom. The number of ketones is 1. The van der Waals surface area contributed by atoms with E-state index in [2.05, 4.69) is 20.8 Å². The van der Waals surface area contributed by atoms with E-state index >= 15 is 0 Å². The molecule has 0 aromatic carbocycles. The van der Waals surface area contributed by atoms with Crippen LogP contribution in [0.5, 0.6) is 0 Å². The fourth-order valence-electron chi connectivity index (χ4n) is 8.42. The molecule has 0 heterocycles. The number of esters is 2. The number of hydrogen-bond acceptors (Lipinski definition) is 7. The maximum absolute atomic E-state index is 13.6. The van der Waals surface area contributed by atoms with Crippen LogP contribution in [-0.4, -0.2) is 53.4 Å². The van der Waals surface area contributed by atoms with Crippen molar-refractivity contribution < 1.29 is 34.1 Å². The average molecular weight is 851 g/mol. The quantitative estimate of drug-likeness (QED) is 0.0356. The van der Waals surface area contributed by atoms with Gasteiger partial charge in [0.2, 0.25) is 0 Å². The van der Waals surface area contributed by atoms with Crippen LogP contribution in [0, 0.1) is 5.92 Å². The third kappa shape index (κ3) is 38.2. The summed E-state index contributed by atoms with van der Waals surface area (Å²) in [6.45, 7) is 6.33. The topological polar surface area (TPSA) is 110 Å². The van der Waals surface area contributed by atoms with Crippen LogP contribution in [0.1, 0.15) is 290 Å². The highest BCUT2D eigenvalue weighted by molar-refractivity contribution is 6.01. The number of carbonyl (C=O) groups is 3. The molecule has 0 spiro atoms. The van der Waals surface area contributed by atoms with E-state index in [1.165, 1.54) is 186 Å². The van der Waals surface area contributed by atoms with Crippen molar-refractivity contribution in [3.8, 4) is 0 Å². The fourth-order valence-corrected chi connectivity index (χ4v) is 8.42. The second-order valence-electron chi connectivity index (χ2n) is 18.4. The zero-order chi connectivity index (χ0) is 44.0. The maximum Gasteiger partial charge on any atom is 0.347 e. The molecule has 2 N–H and O–H groups in total. The molecule has 0 aliphatic rings. The van der Waals surface area contributed by atoms with E-state index in [0.29, 0.717) is 19.4 Å². The molecule has 0 aliphatic heterocycles. The summed E-state index contributed by atoms with van der Waals surface area (Å²) in [4.78, 5) is 40.0. The Morgan fingerprint density at radius 3 is 0.983 bits per heavy atom. The molecule has 3 atom stereocenters. The monoisotopic (exact) mass is 851 g/mol. The molecule has 0 saturated heterocycles. The zero-order valence-electron chi connectivity index (χ0n) is 40.3. The molecule has 0 saturated carbocycles. The minimum atomic E-state index is -1.64. The van der Waals surface area contributed by atoms with E-state index in [-0.39, 0.29) is 6.42 Å². The highest BCUT2D eigenvalue weighted by Gasteiger charge is 2.35. The highest BCUT2D eigenvalue weighted by atomic mass is 16.6. The first-order valence-corrected chi connectivity index (χ1v) is 26.6. The van der Waals surface area contributed by atoms with Crippen molar-refractivity contribution in [2.24, 2.45) is 5.92 Å². The van der Waals surface area contributed by atoms with Crippen molar-refractivity contribution in [3.63, 3.8) is 0 Å². The largest absolute Gasteiger partial charge is 0.463 e. The number of hydrogen-bond donors (Lipinski definition) is 2. The molecule has 0 aromatic rings. The summed E-state index contributed by atoms with van der Waals surface area (Å²) in [7, 11) is 0. The molecule has 356 valence electrons. The van der Waals surface area contributed by atoms with E-state index < -0.39 is 42.5 Å².